The van der Waals surface area contributed by atoms with Crippen LogP contribution in [-0.4, -0.2) is 46.9 Å². The van der Waals surface area contributed by atoms with E-state index in [-0.39, 0.29) is 17.7 Å². The molecule has 2 bridgehead atoms. The summed E-state index contributed by atoms with van der Waals surface area (Å²) in [5.41, 5.74) is -0.0330. The first-order valence-corrected chi connectivity index (χ1v) is 6.36. The highest BCUT2D eigenvalue weighted by molar-refractivity contribution is 5.05. The third-order valence-electron chi connectivity index (χ3n) is 4.33. The van der Waals surface area contributed by atoms with Gasteiger partial charge in [0.05, 0.1) is 12.2 Å². The van der Waals surface area contributed by atoms with Crippen LogP contribution in [0.3, 0.4) is 0 Å². The van der Waals surface area contributed by atoms with Gasteiger partial charge in [0.1, 0.15) is 0 Å². The van der Waals surface area contributed by atoms with Crippen LogP contribution >= 0.6 is 0 Å². The maximum atomic E-state index is 9.55. The van der Waals surface area contributed by atoms with Gasteiger partial charge in [-0.2, -0.15) is 0 Å². The van der Waals surface area contributed by atoms with Crippen LogP contribution in [0.25, 0.3) is 0 Å². The van der Waals surface area contributed by atoms with E-state index in [1.165, 1.54) is 12.8 Å². The first kappa shape index (κ1) is 12.3. The minimum atomic E-state index is -0.270. The normalized spacial score (nSPS) is 40.3. The summed E-state index contributed by atoms with van der Waals surface area (Å²) in [7, 11) is 1.74. The Morgan fingerprint density at radius 3 is 2.06 bits per heavy atom. The standard InChI is InChI=1S/C13H25NO2/c1-12(2,3)14-10-5-6-11(14)8-13(7-10,9-15)16-4/h10-11,15H,5-9H2,1-4H3/t10-,11?,13+/m1/s1. The van der Waals surface area contributed by atoms with E-state index in [0.717, 1.165) is 12.8 Å². The number of aliphatic hydroxyl groups excluding tert-OH is 1. The van der Waals surface area contributed by atoms with Crippen molar-refractivity contribution in [2.45, 2.75) is 69.7 Å². The van der Waals surface area contributed by atoms with Gasteiger partial charge in [-0.25, -0.2) is 0 Å². The van der Waals surface area contributed by atoms with Crippen LogP contribution in [0.15, 0.2) is 0 Å². The molecule has 0 amide bonds. The predicted molar refractivity (Wildman–Crippen MR) is 64.5 cm³/mol. The molecule has 2 aliphatic heterocycles. The molecule has 3 heteroatoms. The summed E-state index contributed by atoms with van der Waals surface area (Å²) in [5.74, 6) is 0. The Morgan fingerprint density at radius 2 is 1.75 bits per heavy atom. The van der Waals surface area contributed by atoms with Crippen molar-refractivity contribution < 1.29 is 9.84 Å². The number of piperidine rings is 1. The Bertz CT molecular complexity index is 239. The second-order valence-electron chi connectivity index (χ2n) is 6.42. The number of rotatable bonds is 2. The Morgan fingerprint density at radius 1 is 1.25 bits per heavy atom. The fraction of sp³-hybridized carbons (Fsp3) is 1.00. The van der Waals surface area contributed by atoms with Crippen molar-refractivity contribution in [1.82, 2.24) is 4.90 Å². The SMILES string of the molecule is CO[C@]1(CO)CC2CC[C@H](C1)N2C(C)(C)C. The van der Waals surface area contributed by atoms with Crippen LogP contribution in [-0.2, 0) is 4.74 Å². The average Bonchev–Trinajstić information content (AvgIpc) is 2.51. The Hall–Kier alpha value is -0.120. The van der Waals surface area contributed by atoms with Crippen LogP contribution in [0.5, 0.6) is 0 Å². The van der Waals surface area contributed by atoms with Gasteiger partial charge in [-0.05, 0) is 46.5 Å². The largest absolute Gasteiger partial charge is 0.393 e. The zero-order valence-corrected chi connectivity index (χ0v) is 11.0. The summed E-state index contributed by atoms with van der Waals surface area (Å²) in [4.78, 5) is 2.64. The minimum absolute atomic E-state index is 0.161. The first-order valence-electron chi connectivity index (χ1n) is 6.36. The van der Waals surface area contributed by atoms with Crippen molar-refractivity contribution in [2.75, 3.05) is 13.7 Å². The topological polar surface area (TPSA) is 32.7 Å². The van der Waals surface area contributed by atoms with Gasteiger partial charge in [-0.3, -0.25) is 4.90 Å². The molecule has 0 spiro atoms. The van der Waals surface area contributed by atoms with Crippen molar-refractivity contribution in [3.63, 3.8) is 0 Å². The number of fused-ring (bicyclic) bond motifs is 2. The van der Waals surface area contributed by atoms with E-state index in [1.807, 2.05) is 0 Å². The molecule has 1 unspecified atom stereocenters. The van der Waals surface area contributed by atoms with Crippen LogP contribution < -0.4 is 0 Å². The molecule has 2 aliphatic rings. The highest BCUT2D eigenvalue weighted by Gasteiger charge is 2.51. The van der Waals surface area contributed by atoms with Gasteiger partial charge in [0.25, 0.3) is 0 Å². The summed E-state index contributed by atoms with van der Waals surface area (Å²) in [6, 6.07) is 1.18. The fourth-order valence-electron chi connectivity index (χ4n) is 3.76. The van der Waals surface area contributed by atoms with Gasteiger partial charge in [0.2, 0.25) is 0 Å². The monoisotopic (exact) mass is 227 g/mol. The lowest BCUT2D eigenvalue weighted by Crippen LogP contribution is -2.59. The Labute approximate surface area is 98.8 Å². The van der Waals surface area contributed by atoms with Crippen molar-refractivity contribution in [3.05, 3.63) is 0 Å². The van der Waals surface area contributed by atoms with E-state index < -0.39 is 0 Å². The Balaban J connectivity index is 2.18. The summed E-state index contributed by atoms with van der Waals surface area (Å²) in [6.45, 7) is 7.03. The number of aliphatic hydroxyl groups is 1. The molecule has 0 aromatic heterocycles. The zero-order valence-electron chi connectivity index (χ0n) is 11.0. The van der Waals surface area contributed by atoms with E-state index in [0.29, 0.717) is 12.1 Å². The third-order valence-corrected chi connectivity index (χ3v) is 4.33. The lowest BCUT2D eigenvalue weighted by Gasteiger charge is -2.50. The zero-order chi connectivity index (χ0) is 12.0. The van der Waals surface area contributed by atoms with E-state index >= 15 is 0 Å². The molecular weight excluding hydrogens is 202 g/mol. The molecule has 0 saturated carbocycles. The molecule has 2 heterocycles. The number of nitrogens with zero attached hydrogens (tertiary/aromatic N) is 1. The average molecular weight is 227 g/mol. The van der Waals surface area contributed by atoms with Gasteiger partial charge in [-0.15, -0.1) is 0 Å². The third kappa shape index (κ3) is 1.89. The first-order chi connectivity index (χ1) is 7.42. The predicted octanol–water partition coefficient (Wildman–Crippen LogP) is 1.79. The fourth-order valence-corrected chi connectivity index (χ4v) is 3.76. The van der Waals surface area contributed by atoms with Crippen LogP contribution in [0.2, 0.25) is 0 Å². The molecular formula is C13H25NO2. The summed E-state index contributed by atoms with van der Waals surface area (Å²) < 4.78 is 5.59. The van der Waals surface area contributed by atoms with Crippen molar-refractivity contribution in [3.8, 4) is 0 Å². The molecule has 3 nitrogen and oxygen atoms in total. The number of methoxy groups -OCH3 is 1. The second kappa shape index (κ2) is 3.97. The lowest BCUT2D eigenvalue weighted by atomic mass is 9.84. The summed E-state index contributed by atoms with van der Waals surface area (Å²) >= 11 is 0. The molecule has 0 aliphatic carbocycles. The summed E-state index contributed by atoms with van der Waals surface area (Å²) in [5, 5.41) is 9.55. The van der Waals surface area contributed by atoms with E-state index in [1.54, 1.807) is 7.11 Å². The minimum Gasteiger partial charge on any atom is -0.393 e. The Kier molecular flexibility index (Phi) is 3.06. The van der Waals surface area contributed by atoms with Gasteiger partial charge in [-0.1, -0.05) is 0 Å². The molecule has 2 fully saturated rings. The van der Waals surface area contributed by atoms with Gasteiger partial charge >= 0.3 is 0 Å². The maximum absolute atomic E-state index is 9.55. The van der Waals surface area contributed by atoms with E-state index in [9.17, 15) is 5.11 Å². The highest BCUT2D eigenvalue weighted by Crippen LogP contribution is 2.45. The molecule has 16 heavy (non-hydrogen) atoms. The quantitative estimate of drug-likeness (QED) is 0.780. The molecule has 1 N–H and O–H groups in total. The maximum Gasteiger partial charge on any atom is 0.0938 e. The number of hydrogen-bond donors (Lipinski definition) is 1. The molecule has 0 aromatic carbocycles. The van der Waals surface area contributed by atoms with Crippen LogP contribution in [0, 0.1) is 0 Å². The van der Waals surface area contributed by atoms with Crippen molar-refractivity contribution in [1.29, 1.82) is 0 Å². The molecule has 94 valence electrons. The molecule has 0 radical (unpaired) electrons. The van der Waals surface area contributed by atoms with Gasteiger partial charge in [0.15, 0.2) is 0 Å². The van der Waals surface area contributed by atoms with Crippen LogP contribution in [0.1, 0.15) is 46.5 Å². The van der Waals surface area contributed by atoms with Crippen molar-refractivity contribution >= 4 is 0 Å². The van der Waals surface area contributed by atoms with E-state index in [4.69, 9.17) is 4.74 Å². The van der Waals surface area contributed by atoms with E-state index in [2.05, 4.69) is 25.7 Å². The second-order valence-corrected chi connectivity index (χ2v) is 6.42. The number of ether oxygens (including phenoxy) is 1. The lowest BCUT2D eigenvalue weighted by molar-refractivity contribution is -0.123. The molecule has 0 aromatic rings. The number of hydrogen-bond acceptors (Lipinski definition) is 3. The highest BCUT2D eigenvalue weighted by atomic mass is 16.5. The molecule has 2 saturated heterocycles. The molecule has 2 rings (SSSR count). The summed E-state index contributed by atoms with van der Waals surface area (Å²) in [6.07, 6.45) is 4.47. The van der Waals surface area contributed by atoms with Crippen LogP contribution in [0.4, 0.5) is 0 Å². The molecule has 3 atom stereocenters. The van der Waals surface area contributed by atoms with Gasteiger partial charge < -0.3 is 9.84 Å². The smallest absolute Gasteiger partial charge is 0.0938 e. The van der Waals surface area contributed by atoms with Gasteiger partial charge in [0, 0.05) is 24.7 Å². The van der Waals surface area contributed by atoms with Crippen molar-refractivity contribution in [2.24, 2.45) is 0 Å².